The molecule has 0 saturated carbocycles. The Balaban J connectivity index is 1.40. The van der Waals surface area contributed by atoms with Crippen LogP contribution in [0.15, 0.2) is 59.2 Å². The van der Waals surface area contributed by atoms with Crippen molar-refractivity contribution in [1.82, 2.24) is 24.5 Å². The van der Waals surface area contributed by atoms with Crippen LogP contribution in [0.3, 0.4) is 0 Å². The molecule has 1 aromatic carbocycles. The fourth-order valence-electron chi connectivity index (χ4n) is 2.93. The number of anilines is 1. The Labute approximate surface area is 187 Å². The number of nitrogens with zero attached hydrogens (tertiary/aromatic N) is 5. The highest BCUT2D eigenvalue weighted by Gasteiger charge is 2.16. The van der Waals surface area contributed by atoms with E-state index < -0.39 is 0 Å². The van der Waals surface area contributed by atoms with Crippen molar-refractivity contribution in [3.63, 3.8) is 0 Å². The Kier molecular flexibility index (Phi) is 6.51. The predicted molar refractivity (Wildman–Crippen MR) is 121 cm³/mol. The summed E-state index contributed by atoms with van der Waals surface area (Å²) in [6, 6.07) is 13.4. The van der Waals surface area contributed by atoms with Crippen molar-refractivity contribution in [3.8, 4) is 10.7 Å². The number of carbonyl (C=O) groups is 1. The molecule has 0 unspecified atom stereocenters. The van der Waals surface area contributed by atoms with Crippen LogP contribution in [0.25, 0.3) is 10.7 Å². The lowest BCUT2D eigenvalue weighted by atomic mass is 10.2. The number of thiophene rings is 1. The van der Waals surface area contributed by atoms with E-state index in [9.17, 15) is 4.79 Å². The number of benzene rings is 1. The van der Waals surface area contributed by atoms with Crippen LogP contribution in [-0.2, 0) is 17.9 Å². The minimum Gasteiger partial charge on any atom is -0.310 e. The van der Waals surface area contributed by atoms with E-state index in [1.54, 1.807) is 28.3 Å². The average molecular weight is 459 g/mol. The molecule has 3 heterocycles. The standard InChI is InChI=1S/C20H19ClN6OS2/c1-2-26-19(16-8-5-11-29-16)24-25-20(26)30-13-18(28)23-17-9-10-22-27(17)12-14-6-3-4-7-15(14)21/h3-11H,2,12-13H2,1H3,(H,23,28). The highest BCUT2D eigenvalue weighted by molar-refractivity contribution is 7.99. The lowest BCUT2D eigenvalue weighted by Gasteiger charge is -2.10. The molecule has 0 bridgehead atoms. The van der Waals surface area contributed by atoms with E-state index in [4.69, 9.17) is 11.6 Å². The second-order valence-corrected chi connectivity index (χ2v) is 8.63. The zero-order valence-electron chi connectivity index (χ0n) is 16.2. The second kappa shape index (κ2) is 9.46. The number of carbonyl (C=O) groups excluding carboxylic acids is 1. The summed E-state index contributed by atoms with van der Waals surface area (Å²) in [4.78, 5) is 13.6. The van der Waals surface area contributed by atoms with Gasteiger partial charge in [-0.1, -0.05) is 47.6 Å². The van der Waals surface area contributed by atoms with Crippen LogP contribution in [0, 0.1) is 0 Å². The lowest BCUT2D eigenvalue weighted by Crippen LogP contribution is -2.18. The molecular formula is C20H19ClN6OS2. The molecule has 4 aromatic rings. The second-order valence-electron chi connectivity index (χ2n) is 6.33. The molecule has 0 saturated heterocycles. The maximum absolute atomic E-state index is 12.5. The fourth-order valence-corrected chi connectivity index (χ4v) is 4.65. The molecule has 1 N–H and O–H groups in total. The first-order valence-corrected chi connectivity index (χ1v) is 11.5. The first-order valence-electron chi connectivity index (χ1n) is 9.30. The van der Waals surface area contributed by atoms with E-state index in [0.29, 0.717) is 17.4 Å². The molecule has 0 atom stereocenters. The first-order chi connectivity index (χ1) is 14.7. The molecule has 30 heavy (non-hydrogen) atoms. The largest absolute Gasteiger partial charge is 0.310 e. The summed E-state index contributed by atoms with van der Waals surface area (Å²) >= 11 is 9.22. The number of thioether (sulfide) groups is 1. The summed E-state index contributed by atoms with van der Waals surface area (Å²) in [5.41, 5.74) is 0.935. The van der Waals surface area contributed by atoms with Gasteiger partial charge in [-0.2, -0.15) is 5.10 Å². The van der Waals surface area contributed by atoms with Crippen LogP contribution in [0.4, 0.5) is 5.82 Å². The monoisotopic (exact) mass is 458 g/mol. The summed E-state index contributed by atoms with van der Waals surface area (Å²) in [6.07, 6.45) is 1.65. The molecule has 0 aliphatic heterocycles. The number of nitrogens with one attached hydrogen (secondary N) is 1. The van der Waals surface area contributed by atoms with E-state index in [1.165, 1.54) is 11.8 Å². The van der Waals surface area contributed by atoms with Crippen molar-refractivity contribution in [1.29, 1.82) is 0 Å². The van der Waals surface area contributed by atoms with Gasteiger partial charge < -0.3 is 9.88 Å². The highest BCUT2D eigenvalue weighted by atomic mass is 35.5. The molecule has 0 fully saturated rings. The van der Waals surface area contributed by atoms with E-state index in [0.717, 1.165) is 28.0 Å². The first kappa shape index (κ1) is 20.6. The molecular weight excluding hydrogens is 440 g/mol. The minimum atomic E-state index is -0.135. The van der Waals surface area contributed by atoms with Crippen LogP contribution in [0.2, 0.25) is 5.02 Å². The van der Waals surface area contributed by atoms with Gasteiger partial charge in [-0.3, -0.25) is 4.79 Å². The quantitative estimate of drug-likeness (QED) is 0.389. The van der Waals surface area contributed by atoms with E-state index in [1.807, 2.05) is 53.3 Å². The van der Waals surface area contributed by atoms with Crippen molar-refractivity contribution in [3.05, 3.63) is 64.6 Å². The van der Waals surface area contributed by atoms with Crippen molar-refractivity contribution >= 4 is 46.4 Å². The van der Waals surface area contributed by atoms with E-state index in [2.05, 4.69) is 20.6 Å². The van der Waals surface area contributed by atoms with Gasteiger partial charge in [-0.15, -0.1) is 21.5 Å². The van der Waals surface area contributed by atoms with E-state index >= 15 is 0 Å². The van der Waals surface area contributed by atoms with Gasteiger partial charge >= 0.3 is 0 Å². The summed E-state index contributed by atoms with van der Waals surface area (Å²) in [5, 5.41) is 19.2. The number of aromatic nitrogens is 5. The Morgan fingerprint density at radius 1 is 1.20 bits per heavy atom. The molecule has 1 amide bonds. The van der Waals surface area contributed by atoms with E-state index in [-0.39, 0.29) is 11.7 Å². The summed E-state index contributed by atoms with van der Waals surface area (Å²) in [6.45, 7) is 3.25. The molecule has 3 aromatic heterocycles. The Morgan fingerprint density at radius 2 is 2.07 bits per heavy atom. The Bertz CT molecular complexity index is 1140. The van der Waals surface area contributed by atoms with Gasteiger partial charge in [-0.05, 0) is 30.0 Å². The number of amides is 1. The van der Waals surface area contributed by atoms with Crippen molar-refractivity contribution in [2.45, 2.75) is 25.2 Å². The minimum absolute atomic E-state index is 0.135. The third-order valence-electron chi connectivity index (χ3n) is 4.37. The van der Waals surface area contributed by atoms with Crippen molar-refractivity contribution < 1.29 is 4.79 Å². The maximum Gasteiger partial charge on any atom is 0.235 e. The van der Waals surface area contributed by atoms with Crippen LogP contribution < -0.4 is 5.32 Å². The van der Waals surface area contributed by atoms with Gasteiger partial charge in [-0.25, -0.2) is 4.68 Å². The van der Waals surface area contributed by atoms with Crippen LogP contribution in [0.1, 0.15) is 12.5 Å². The molecule has 154 valence electrons. The van der Waals surface area contributed by atoms with Gasteiger partial charge in [0.25, 0.3) is 0 Å². The summed E-state index contributed by atoms with van der Waals surface area (Å²) in [7, 11) is 0. The smallest absolute Gasteiger partial charge is 0.235 e. The summed E-state index contributed by atoms with van der Waals surface area (Å²) in [5.74, 6) is 1.54. The molecule has 0 aliphatic rings. The van der Waals surface area contributed by atoms with Crippen LogP contribution in [-0.4, -0.2) is 36.2 Å². The normalized spacial score (nSPS) is 11.0. The number of halogens is 1. The Morgan fingerprint density at radius 3 is 2.83 bits per heavy atom. The van der Waals surface area contributed by atoms with Crippen molar-refractivity contribution in [2.24, 2.45) is 0 Å². The SMILES string of the molecule is CCn1c(SCC(=O)Nc2ccnn2Cc2ccccc2Cl)nnc1-c1cccs1. The molecule has 0 aliphatic carbocycles. The van der Waals surface area contributed by atoms with Crippen LogP contribution in [0.5, 0.6) is 0 Å². The number of hydrogen-bond acceptors (Lipinski definition) is 6. The number of rotatable bonds is 8. The molecule has 0 spiro atoms. The zero-order valence-corrected chi connectivity index (χ0v) is 18.5. The lowest BCUT2D eigenvalue weighted by molar-refractivity contribution is -0.113. The van der Waals surface area contributed by atoms with Gasteiger partial charge in [0.15, 0.2) is 11.0 Å². The Hall–Kier alpha value is -2.62. The molecule has 4 rings (SSSR count). The average Bonchev–Trinajstić information content (AvgIpc) is 3.49. The molecule has 0 radical (unpaired) electrons. The van der Waals surface area contributed by atoms with Gasteiger partial charge in [0.2, 0.25) is 5.91 Å². The third kappa shape index (κ3) is 4.58. The van der Waals surface area contributed by atoms with Gasteiger partial charge in [0.05, 0.1) is 23.4 Å². The molecule has 10 heteroatoms. The highest BCUT2D eigenvalue weighted by Crippen LogP contribution is 2.27. The summed E-state index contributed by atoms with van der Waals surface area (Å²) < 4.78 is 3.73. The topological polar surface area (TPSA) is 77.6 Å². The van der Waals surface area contributed by atoms with Crippen LogP contribution >= 0.6 is 34.7 Å². The van der Waals surface area contributed by atoms with Gasteiger partial charge in [0.1, 0.15) is 5.82 Å². The molecule has 7 nitrogen and oxygen atoms in total. The van der Waals surface area contributed by atoms with Crippen molar-refractivity contribution in [2.75, 3.05) is 11.1 Å². The number of hydrogen-bond donors (Lipinski definition) is 1. The third-order valence-corrected chi connectivity index (χ3v) is 6.57. The fraction of sp³-hybridized carbons (Fsp3) is 0.200. The predicted octanol–water partition coefficient (Wildman–Crippen LogP) is 4.66. The zero-order chi connectivity index (χ0) is 20.9. The van der Waals surface area contributed by atoms with Gasteiger partial charge in [0, 0.05) is 17.6 Å². The maximum atomic E-state index is 12.5.